The van der Waals surface area contributed by atoms with Gasteiger partial charge in [0.15, 0.2) is 0 Å². The molecular formula is C21H24N4O4S. The average molecular weight is 429 g/mol. The summed E-state index contributed by atoms with van der Waals surface area (Å²) in [5, 5.41) is 3.01. The van der Waals surface area contributed by atoms with Crippen molar-refractivity contribution in [1.29, 1.82) is 0 Å². The number of benzene rings is 2. The second kappa shape index (κ2) is 9.10. The van der Waals surface area contributed by atoms with Gasteiger partial charge in [-0.15, -0.1) is 0 Å². The van der Waals surface area contributed by atoms with E-state index in [4.69, 9.17) is 4.74 Å². The predicted octanol–water partition coefficient (Wildman–Crippen LogP) is 2.92. The summed E-state index contributed by atoms with van der Waals surface area (Å²) in [5.41, 5.74) is 1.91. The fourth-order valence-electron chi connectivity index (χ4n) is 2.92. The second-order valence-electron chi connectivity index (χ2n) is 6.45. The van der Waals surface area contributed by atoms with Crippen LogP contribution in [0.25, 0.3) is 5.69 Å². The van der Waals surface area contributed by atoms with Crippen LogP contribution in [0.1, 0.15) is 25.1 Å². The van der Waals surface area contributed by atoms with Crippen LogP contribution >= 0.6 is 0 Å². The maximum absolute atomic E-state index is 12.9. The van der Waals surface area contributed by atoms with E-state index in [-0.39, 0.29) is 10.5 Å². The number of H-pyrrole nitrogens is 1. The summed E-state index contributed by atoms with van der Waals surface area (Å²) < 4.78 is 33.5. The van der Waals surface area contributed by atoms with Crippen molar-refractivity contribution in [1.82, 2.24) is 14.5 Å². The van der Waals surface area contributed by atoms with Gasteiger partial charge in [0.25, 0.3) is 5.56 Å². The van der Waals surface area contributed by atoms with E-state index in [0.717, 1.165) is 0 Å². The third-order valence-corrected chi connectivity index (χ3v) is 5.92. The normalized spacial score (nSPS) is 11.8. The van der Waals surface area contributed by atoms with Crippen LogP contribution in [-0.4, -0.2) is 37.6 Å². The Morgan fingerprint density at radius 1 is 1.13 bits per heavy atom. The summed E-state index contributed by atoms with van der Waals surface area (Å²) in [4.78, 5) is 17.4. The van der Waals surface area contributed by atoms with Crippen molar-refractivity contribution in [2.24, 2.45) is 4.99 Å². The minimum atomic E-state index is -3.55. The number of hydrogen-bond acceptors (Lipinski definition) is 5. The molecule has 0 saturated heterocycles. The van der Waals surface area contributed by atoms with Crippen LogP contribution in [0.5, 0.6) is 5.75 Å². The number of aryl methyl sites for hydroxylation is 1. The molecule has 1 aromatic heterocycles. The minimum Gasteiger partial charge on any atom is -0.492 e. The van der Waals surface area contributed by atoms with Gasteiger partial charge >= 0.3 is 0 Å². The SMILES string of the molecule is CCNS(=O)(=O)c1ccc(-n2[nH]c(C)c(C=Nc3ccccc3OCC)c2=O)cc1. The van der Waals surface area contributed by atoms with Gasteiger partial charge in [0.1, 0.15) is 11.4 Å². The molecule has 30 heavy (non-hydrogen) atoms. The van der Waals surface area contributed by atoms with E-state index in [2.05, 4.69) is 14.8 Å². The molecule has 2 aromatic carbocycles. The molecule has 0 spiro atoms. The monoisotopic (exact) mass is 428 g/mol. The van der Waals surface area contributed by atoms with Gasteiger partial charge in [-0.2, -0.15) is 0 Å². The molecule has 0 saturated carbocycles. The molecule has 8 nitrogen and oxygen atoms in total. The first-order valence-corrected chi connectivity index (χ1v) is 11.0. The number of nitrogens with one attached hydrogen (secondary N) is 2. The van der Waals surface area contributed by atoms with Gasteiger partial charge in [0.05, 0.1) is 22.8 Å². The van der Waals surface area contributed by atoms with Crippen molar-refractivity contribution in [3.63, 3.8) is 0 Å². The molecule has 0 aliphatic heterocycles. The van der Waals surface area contributed by atoms with Crippen molar-refractivity contribution >= 4 is 21.9 Å². The fourth-order valence-corrected chi connectivity index (χ4v) is 3.96. The zero-order chi connectivity index (χ0) is 21.7. The van der Waals surface area contributed by atoms with Crippen LogP contribution in [0.2, 0.25) is 0 Å². The number of nitrogens with zero attached hydrogens (tertiary/aromatic N) is 2. The number of para-hydroxylation sites is 2. The number of hydrogen-bond donors (Lipinski definition) is 2. The van der Waals surface area contributed by atoms with Gasteiger partial charge in [0.2, 0.25) is 10.0 Å². The van der Waals surface area contributed by atoms with Gasteiger partial charge in [-0.3, -0.25) is 14.9 Å². The molecule has 2 N–H and O–H groups in total. The Morgan fingerprint density at radius 2 is 1.83 bits per heavy atom. The van der Waals surface area contributed by atoms with Crippen molar-refractivity contribution < 1.29 is 13.2 Å². The lowest BCUT2D eigenvalue weighted by molar-refractivity contribution is 0.341. The maximum atomic E-state index is 12.9. The van der Waals surface area contributed by atoms with Gasteiger partial charge in [0, 0.05) is 18.5 Å². The van der Waals surface area contributed by atoms with E-state index < -0.39 is 10.0 Å². The Morgan fingerprint density at radius 3 is 2.50 bits per heavy atom. The smallest absolute Gasteiger partial charge is 0.280 e. The first-order chi connectivity index (χ1) is 14.4. The highest BCUT2D eigenvalue weighted by molar-refractivity contribution is 7.89. The van der Waals surface area contributed by atoms with Crippen LogP contribution in [0.4, 0.5) is 5.69 Å². The molecule has 1 heterocycles. The highest BCUT2D eigenvalue weighted by Crippen LogP contribution is 2.26. The molecule has 3 rings (SSSR count). The Kier molecular flexibility index (Phi) is 6.53. The standard InChI is InChI=1S/C21H24N4O4S/c1-4-23-30(27,28)17-12-10-16(11-13-17)25-21(26)18(15(3)24-25)14-22-19-8-6-7-9-20(19)29-5-2/h6-14,23-24H,4-5H2,1-3H3. The van der Waals surface area contributed by atoms with Crippen LogP contribution in [-0.2, 0) is 10.0 Å². The summed E-state index contributed by atoms with van der Waals surface area (Å²) in [7, 11) is -3.55. The topological polar surface area (TPSA) is 106 Å². The van der Waals surface area contributed by atoms with Gasteiger partial charge in [-0.05, 0) is 50.2 Å². The molecule has 0 unspecified atom stereocenters. The first kappa shape index (κ1) is 21.5. The Bertz CT molecular complexity index is 1210. The van der Waals surface area contributed by atoms with Crippen LogP contribution < -0.4 is 15.0 Å². The lowest BCUT2D eigenvalue weighted by Gasteiger charge is -2.06. The Hall–Kier alpha value is -3.17. The van der Waals surface area contributed by atoms with E-state index in [1.54, 1.807) is 26.0 Å². The molecule has 0 fully saturated rings. The van der Waals surface area contributed by atoms with E-state index in [1.807, 2.05) is 31.2 Å². The Balaban J connectivity index is 1.92. The number of ether oxygens (including phenoxy) is 1. The fraction of sp³-hybridized carbons (Fsp3) is 0.238. The summed E-state index contributed by atoms with van der Waals surface area (Å²) in [5.74, 6) is 0.641. The number of rotatable bonds is 8. The van der Waals surface area contributed by atoms with Crippen LogP contribution in [0, 0.1) is 6.92 Å². The number of sulfonamides is 1. The predicted molar refractivity (Wildman–Crippen MR) is 117 cm³/mol. The second-order valence-corrected chi connectivity index (χ2v) is 8.21. The maximum Gasteiger partial charge on any atom is 0.280 e. The highest BCUT2D eigenvalue weighted by atomic mass is 32.2. The lowest BCUT2D eigenvalue weighted by Crippen LogP contribution is -2.23. The Labute approximate surface area is 175 Å². The molecular weight excluding hydrogens is 404 g/mol. The van der Waals surface area contributed by atoms with E-state index in [0.29, 0.717) is 41.5 Å². The molecule has 0 aliphatic rings. The summed E-state index contributed by atoms with van der Waals surface area (Å²) in [6, 6.07) is 13.4. The molecule has 0 radical (unpaired) electrons. The molecule has 158 valence electrons. The summed E-state index contributed by atoms with van der Waals surface area (Å²) in [6.07, 6.45) is 1.51. The molecule has 3 aromatic rings. The average Bonchev–Trinajstić information content (AvgIpc) is 3.01. The van der Waals surface area contributed by atoms with E-state index in [1.165, 1.54) is 23.0 Å². The third-order valence-electron chi connectivity index (χ3n) is 4.35. The van der Waals surface area contributed by atoms with Gasteiger partial charge in [-0.25, -0.2) is 17.8 Å². The number of aromatic amines is 1. The lowest BCUT2D eigenvalue weighted by atomic mass is 10.2. The quantitative estimate of drug-likeness (QED) is 0.538. The summed E-state index contributed by atoms with van der Waals surface area (Å²) in [6.45, 7) is 6.20. The van der Waals surface area contributed by atoms with Crippen molar-refractivity contribution in [2.45, 2.75) is 25.7 Å². The van der Waals surface area contributed by atoms with Crippen molar-refractivity contribution in [3.8, 4) is 11.4 Å². The van der Waals surface area contributed by atoms with Crippen LogP contribution in [0.15, 0.2) is 63.2 Å². The summed E-state index contributed by atoms with van der Waals surface area (Å²) >= 11 is 0. The zero-order valence-electron chi connectivity index (χ0n) is 17.0. The van der Waals surface area contributed by atoms with Crippen LogP contribution in [0.3, 0.4) is 0 Å². The molecule has 0 atom stereocenters. The van der Waals surface area contributed by atoms with Crippen molar-refractivity contribution in [3.05, 3.63) is 70.1 Å². The van der Waals surface area contributed by atoms with E-state index >= 15 is 0 Å². The van der Waals surface area contributed by atoms with E-state index in [9.17, 15) is 13.2 Å². The van der Waals surface area contributed by atoms with Crippen molar-refractivity contribution in [2.75, 3.05) is 13.2 Å². The van der Waals surface area contributed by atoms with Gasteiger partial charge < -0.3 is 4.74 Å². The largest absolute Gasteiger partial charge is 0.492 e. The molecule has 0 bridgehead atoms. The minimum absolute atomic E-state index is 0.138. The zero-order valence-corrected chi connectivity index (χ0v) is 17.9. The molecule has 9 heteroatoms. The first-order valence-electron chi connectivity index (χ1n) is 9.55. The molecule has 0 amide bonds. The van der Waals surface area contributed by atoms with Gasteiger partial charge in [-0.1, -0.05) is 19.1 Å². The molecule has 0 aliphatic carbocycles. The third kappa shape index (κ3) is 4.52. The number of aromatic nitrogens is 2. The number of aliphatic imine (C=N–C) groups is 1. The highest BCUT2D eigenvalue weighted by Gasteiger charge is 2.15.